The highest BCUT2D eigenvalue weighted by Crippen LogP contribution is 2.12. The van der Waals surface area contributed by atoms with Gasteiger partial charge in [-0.05, 0) is 46.9 Å². The number of nitrogens with one attached hydrogen (secondary N) is 1. The van der Waals surface area contributed by atoms with E-state index < -0.39 is 5.82 Å². The van der Waals surface area contributed by atoms with Crippen molar-refractivity contribution in [2.24, 2.45) is 5.16 Å². The third-order valence-corrected chi connectivity index (χ3v) is 3.15. The molecule has 0 aliphatic rings. The van der Waals surface area contributed by atoms with Crippen LogP contribution in [0.2, 0.25) is 0 Å². The number of carbonyl (C=O) groups excluding carboxylic acids is 1. The van der Waals surface area contributed by atoms with E-state index in [0.29, 0.717) is 11.3 Å². The Balaban J connectivity index is 1.81. The standard InChI is InChI=1S/C15H12FIN2O2/c16-14-7-2-1-4-11(14)9-18-21-10-15(20)19-13-6-3-5-12(17)8-13/h1-9H,10H2,(H,19,20)/b18-9-. The van der Waals surface area contributed by atoms with Crippen molar-refractivity contribution in [3.8, 4) is 0 Å². The lowest BCUT2D eigenvalue weighted by Gasteiger charge is -2.04. The second kappa shape index (κ2) is 7.72. The van der Waals surface area contributed by atoms with Gasteiger partial charge in [0.1, 0.15) is 5.82 Å². The highest BCUT2D eigenvalue weighted by molar-refractivity contribution is 14.1. The SMILES string of the molecule is O=C(CO/N=C\c1ccccc1F)Nc1cccc(I)c1. The average Bonchev–Trinajstić information content (AvgIpc) is 2.45. The van der Waals surface area contributed by atoms with Crippen LogP contribution in [0.5, 0.6) is 0 Å². The van der Waals surface area contributed by atoms with Gasteiger partial charge in [0.2, 0.25) is 0 Å². The maximum Gasteiger partial charge on any atom is 0.265 e. The van der Waals surface area contributed by atoms with Crippen LogP contribution in [-0.2, 0) is 9.63 Å². The van der Waals surface area contributed by atoms with Crippen molar-refractivity contribution >= 4 is 40.4 Å². The van der Waals surface area contributed by atoms with Crippen LogP contribution in [0.15, 0.2) is 53.7 Å². The monoisotopic (exact) mass is 398 g/mol. The Hall–Kier alpha value is -1.96. The van der Waals surface area contributed by atoms with Crippen LogP contribution in [0.4, 0.5) is 10.1 Å². The van der Waals surface area contributed by atoms with E-state index in [1.165, 1.54) is 12.3 Å². The normalized spacial score (nSPS) is 10.6. The van der Waals surface area contributed by atoms with E-state index >= 15 is 0 Å². The molecule has 2 aromatic rings. The van der Waals surface area contributed by atoms with Gasteiger partial charge < -0.3 is 10.2 Å². The van der Waals surface area contributed by atoms with Gasteiger partial charge in [0.15, 0.2) is 6.61 Å². The first-order valence-corrected chi connectivity index (χ1v) is 7.18. The van der Waals surface area contributed by atoms with Crippen molar-refractivity contribution in [2.75, 3.05) is 11.9 Å². The van der Waals surface area contributed by atoms with Gasteiger partial charge >= 0.3 is 0 Å². The topological polar surface area (TPSA) is 50.7 Å². The summed E-state index contributed by atoms with van der Waals surface area (Å²) in [7, 11) is 0. The molecule has 0 atom stereocenters. The van der Waals surface area contributed by atoms with Gasteiger partial charge in [-0.3, -0.25) is 4.79 Å². The summed E-state index contributed by atoms with van der Waals surface area (Å²) in [6.07, 6.45) is 1.23. The molecule has 0 heterocycles. The van der Waals surface area contributed by atoms with Gasteiger partial charge in [0.25, 0.3) is 5.91 Å². The number of carbonyl (C=O) groups is 1. The number of benzene rings is 2. The Morgan fingerprint density at radius 2 is 2.10 bits per heavy atom. The minimum atomic E-state index is -0.395. The van der Waals surface area contributed by atoms with Crippen molar-refractivity contribution in [3.05, 3.63) is 63.5 Å². The van der Waals surface area contributed by atoms with Gasteiger partial charge in [0.05, 0.1) is 6.21 Å². The summed E-state index contributed by atoms with van der Waals surface area (Å²) in [5.41, 5.74) is 0.990. The smallest absolute Gasteiger partial charge is 0.265 e. The number of oxime groups is 1. The molecule has 0 saturated carbocycles. The number of halogens is 2. The predicted molar refractivity (Wildman–Crippen MR) is 87.7 cm³/mol. The van der Waals surface area contributed by atoms with Crippen molar-refractivity contribution in [2.45, 2.75) is 0 Å². The molecule has 108 valence electrons. The van der Waals surface area contributed by atoms with Crippen LogP contribution in [0.3, 0.4) is 0 Å². The van der Waals surface area contributed by atoms with E-state index in [1.807, 2.05) is 18.2 Å². The highest BCUT2D eigenvalue weighted by atomic mass is 127. The second-order valence-corrected chi connectivity index (χ2v) is 5.33. The number of rotatable bonds is 5. The number of hydrogen-bond donors (Lipinski definition) is 1. The van der Waals surface area contributed by atoms with E-state index in [2.05, 4.69) is 33.1 Å². The average molecular weight is 398 g/mol. The summed E-state index contributed by atoms with van der Waals surface area (Å²) in [5, 5.41) is 6.25. The summed E-state index contributed by atoms with van der Waals surface area (Å²) in [4.78, 5) is 16.5. The molecule has 1 amide bonds. The molecule has 0 spiro atoms. The first-order valence-electron chi connectivity index (χ1n) is 6.10. The van der Waals surface area contributed by atoms with Gasteiger partial charge in [0, 0.05) is 14.8 Å². The van der Waals surface area contributed by atoms with E-state index in [1.54, 1.807) is 24.3 Å². The minimum absolute atomic E-state index is 0.240. The Morgan fingerprint density at radius 1 is 1.29 bits per heavy atom. The molecule has 2 aromatic carbocycles. The zero-order valence-electron chi connectivity index (χ0n) is 10.9. The molecule has 1 N–H and O–H groups in total. The highest BCUT2D eigenvalue weighted by Gasteiger charge is 2.03. The van der Waals surface area contributed by atoms with Crippen molar-refractivity contribution < 1.29 is 14.0 Å². The Morgan fingerprint density at radius 3 is 2.86 bits per heavy atom. The van der Waals surface area contributed by atoms with Crippen molar-refractivity contribution in [3.63, 3.8) is 0 Å². The molecular formula is C15H12FIN2O2. The van der Waals surface area contributed by atoms with Gasteiger partial charge in [-0.1, -0.05) is 29.4 Å². The van der Waals surface area contributed by atoms with E-state index in [9.17, 15) is 9.18 Å². The van der Waals surface area contributed by atoms with Crippen molar-refractivity contribution in [1.29, 1.82) is 0 Å². The summed E-state index contributed by atoms with van der Waals surface area (Å²) in [6, 6.07) is 13.5. The zero-order chi connectivity index (χ0) is 15.1. The van der Waals surface area contributed by atoms with E-state index in [4.69, 9.17) is 4.84 Å². The molecule has 0 bridgehead atoms. The summed E-state index contributed by atoms with van der Waals surface area (Å²) in [5.74, 6) is -0.726. The second-order valence-electron chi connectivity index (χ2n) is 4.09. The fourth-order valence-corrected chi connectivity index (χ4v) is 2.08. The minimum Gasteiger partial charge on any atom is -0.386 e. The van der Waals surface area contributed by atoms with Crippen LogP contribution in [-0.4, -0.2) is 18.7 Å². The van der Waals surface area contributed by atoms with Crippen molar-refractivity contribution in [1.82, 2.24) is 0 Å². The Kier molecular flexibility index (Phi) is 5.68. The summed E-state index contributed by atoms with van der Waals surface area (Å²) >= 11 is 2.15. The van der Waals surface area contributed by atoms with Gasteiger partial charge in [-0.2, -0.15) is 0 Å². The van der Waals surface area contributed by atoms with Gasteiger partial charge in [-0.15, -0.1) is 0 Å². The van der Waals surface area contributed by atoms with Crippen LogP contribution in [0.25, 0.3) is 0 Å². The lowest BCUT2D eigenvalue weighted by Crippen LogP contribution is -2.17. The van der Waals surface area contributed by atoms with Crippen LogP contribution in [0, 0.1) is 9.39 Å². The molecule has 21 heavy (non-hydrogen) atoms. The molecule has 0 aliphatic carbocycles. The largest absolute Gasteiger partial charge is 0.386 e. The molecule has 2 rings (SSSR count). The molecule has 0 aromatic heterocycles. The van der Waals surface area contributed by atoms with Crippen LogP contribution < -0.4 is 5.32 Å². The third-order valence-electron chi connectivity index (χ3n) is 2.48. The third kappa shape index (κ3) is 5.14. The lowest BCUT2D eigenvalue weighted by molar-refractivity contribution is -0.120. The molecular weight excluding hydrogens is 386 g/mol. The Bertz CT molecular complexity index is 662. The summed E-state index contributed by atoms with van der Waals surface area (Å²) in [6.45, 7) is -0.240. The molecule has 0 fully saturated rings. The maximum atomic E-state index is 13.3. The van der Waals surface area contributed by atoms with E-state index in [-0.39, 0.29) is 12.5 Å². The number of hydrogen-bond acceptors (Lipinski definition) is 3. The lowest BCUT2D eigenvalue weighted by atomic mass is 10.2. The maximum absolute atomic E-state index is 13.3. The molecule has 0 saturated heterocycles. The zero-order valence-corrected chi connectivity index (χ0v) is 13.1. The molecule has 0 radical (unpaired) electrons. The fourth-order valence-electron chi connectivity index (χ4n) is 1.53. The summed E-state index contributed by atoms with van der Waals surface area (Å²) < 4.78 is 14.3. The number of amides is 1. The van der Waals surface area contributed by atoms with Gasteiger partial charge in [-0.25, -0.2) is 4.39 Å². The quantitative estimate of drug-likeness (QED) is 0.477. The molecule has 0 aliphatic heterocycles. The first kappa shape index (κ1) is 15.4. The van der Waals surface area contributed by atoms with Crippen LogP contribution >= 0.6 is 22.6 Å². The molecule has 4 nitrogen and oxygen atoms in total. The van der Waals surface area contributed by atoms with Crippen LogP contribution in [0.1, 0.15) is 5.56 Å². The number of anilines is 1. The molecule has 0 unspecified atom stereocenters. The molecule has 6 heteroatoms. The Labute approximate surface area is 135 Å². The first-order chi connectivity index (χ1) is 10.1. The fraction of sp³-hybridized carbons (Fsp3) is 0.0667. The predicted octanol–water partition coefficient (Wildman–Crippen LogP) is 3.42. The van der Waals surface area contributed by atoms with E-state index in [0.717, 1.165) is 3.57 Å². The number of nitrogens with zero attached hydrogens (tertiary/aromatic N) is 1.